The molecule has 0 saturated carbocycles. The predicted octanol–water partition coefficient (Wildman–Crippen LogP) is 9.68. The van der Waals surface area contributed by atoms with Crippen LogP contribution >= 0.6 is 23.4 Å². The molecule has 2 unspecified atom stereocenters. The zero-order valence-electron chi connectivity index (χ0n) is 40.9. The van der Waals surface area contributed by atoms with Gasteiger partial charge in [0, 0.05) is 91.7 Å². The van der Waals surface area contributed by atoms with Crippen molar-refractivity contribution in [2.24, 2.45) is 5.41 Å². The topological polar surface area (TPSA) is 132 Å². The van der Waals surface area contributed by atoms with Crippen molar-refractivity contribution < 1.29 is 39.5 Å². The molecule has 4 aromatic rings. The smallest absolute Gasteiger partial charge is 0.489 e. The molecular weight excluding hydrogens is 993 g/mol. The summed E-state index contributed by atoms with van der Waals surface area (Å²) in [6, 6.07) is 24.1. The van der Waals surface area contributed by atoms with Crippen molar-refractivity contribution in [2.45, 2.75) is 98.1 Å². The molecule has 1 amide bonds. The normalized spacial score (nSPS) is 19.9. The average Bonchev–Trinajstić information content (AvgIpc) is 3.32. The van der Waals surface area contributed by atoms with Gasteiger partial charge in [-0.25, -0.2) is 21.6 Å². The summed E-state index contributed by atoms with van der Waals surface area (Å²) in [5.74, 6) is -0.298. The fourth-order valence-corrected chi connectivity index (χ4v) is 13.2. The number of benzene rings is 4. The third kappa shape index (κ3) is 12.7. The fourth-order valence-electron chi connectivity index (χ4n) is 10.0. The number of hydrogen-bond donors (Lipinski definition) is 2. The molecule has 4 aromatic carbocycles. The monoisotopic (exact) mass is 1060 g/mol. The highest BCUT2D eigenvalue weighted by Crippen LogP contribution is 2.44. The van der Waals surface area contributed by atoms with Crippen molar-refractivity contribution >= 4 is 66.1 Å². The lowest BCUT2D eigenvalue weighted by Gasteiger charge is -2.46. The van der Waals surface area contributed by atoms with Crippen LogP contribution in [-0.2, 0) is 19.9 Å². The number of thioether (sulfide) groups is 1. The van der Waals surface area contributed by atoms with E-state index in [0.29, 0.717) is 48.7 Å². The number of carbonyl (C=O) groups is 1. The van der Waals surface area contributed by atoms with E-state index in [2.05, 4.69) is 71.7 Å². The summed E-state index contributed by atoms with van der Waals surface area (Å²) in [4.78, 5) is 21.8. The fraction of sp³-hybridized carbons (Fsp3) is 0.481. The number of carbonyl (C=O) groups excluding carboxylic acids is 1. The molecule has 0 bridgehead atoms. The third-order valence-corrected chi connectivity index (χ3v) is 18.3. The van der Waals surface area contributed by atoms with Crippen LogP contribution in [0.5, 0.6) is 5.75 Å². The number of rotatable bonds is 15. The highest BCUT2D eigenvalue weighted by atomic mass is 35.5. The highest BCUT2D eigenvalue weighted by molar-refractivity contribution is 7.99. The van der Waals surface area contributed by atoms with Crippen molar-refractivity contribution in [3.63, 3.8) is 0 Å². The van der Waals surface area contributed by atoms with Crippen LogP contribution in [0.3, 0.4) is 0 Å². The summed E-state index contributed by atoms with van der Waals surface area (Å²) in [5.41, 5.74) is -1.23. The minimum absolute atomic E-state index is 0.0140. The number of nitrogens with zero attached hydrogens (tertiary/aromatic N) is 4. The molecule has 2 saturated heterocycles. The first-order valence-electron chi connectivity index (χ1n) is 24.1. The minimum atomic E-state index is -6.08. The molecule has 3 heterocycles. The first kappa shape index (κ1) is 53.0. The molecule has 2 fully saturated rings. The quantitative estimate of drug-likeness (QED) is 0.110. The van der Waals surface area contributed by atoms with Gasteiger partial charge in [-0.3, -0.25) is 14.6 Å². The van der Waals surface area contributed by atoms with E-state index in [1.165, 1.54) is 40.6 Å². The molecule has 1 aliphatic carbocycles. The molecule has 2 N–H and O–H groups in total. The van der Waals surface area contributed by atoms with Gasteiger partial charge in [0.15, 0.2) is 0 Å². The van der Waals surface area contributed by atoms with Gasteiger partial charge in [0.1, 0.15) is 17.3 Å². The van der Waals surface area contributed by atoms with E-state index in [1.54, 1.807) is 6.07 Å². The van der Waals surface area contributed by atoms with Crippen LogP contribution < -0.4 is 19.7 Å². The van der Waals surface area contributed by atoms with Gasteiger partial charge in [0.25, 0.3) is 25.8 Å². The summed E-state index contributed by atoms with van der Waals surface area (Å²) < 4.78 is 105. The van der Waals surface area contributed by atoms with Crippen molar-refractivity contribution in [3.05, 3.63) is 113 Å². The molecule has 19 heteroatoms. The van der Waals surface area contributed by atoms with Crippen LogP contribution in [0.2, 0.25) is 5.02 Å². The van der Waals surface area contributed by atoms with Crippen LogP contribution in [0, 0.1) is 5.41 Å². The van der Waals surface area contributed by atoms with E-state index >= 15 is 0 Å². The standard InChI is InChI=1S/C52H64ClF3N6O6S3/c1-50(2,3)61-26-23-59(24-27-61)22-20-40(35-69-42-9-7-6-8-10-42)57-45-17-16-43(30-48(45)70(64,65)52(54,55)56)71(66,67)58-49(63)37-13-18-46-47(29-37)68-34-41-33-60(25-28-62(41)46)32-38-31-51(4,5)21-19-44(38)36-11-14-39(53)15-12-36/h6-18,29-30,40-41,57H,19-28,31-35H2,1-5H3,(H,58,63). The summed E-state index contributed by atoms with van der Waals surface area (Å²) in [5, 5.41) is 3.76. The Morgan fingerprint density at radius 2 is 1.59 bits per heavy atom. The Balaban J connectivity index is 0.960. The predicted molar refractivity (Wildman–Crippen MR) is 277 cm³/mol. The van der Waals surface area contributed by atoms with Crippen LogP contribution in [0.25, 0.3) is 5.57 Å². The number of ether oxygens (including phenoxy) is 1. The SMILES string of the molecule is CC1(C)CCC(c2ccc(Cl)cc2)=C(CN2CCN3c4ccc(C(=O)NS(=O)(=O)c5ccc(NC(CCN6CCN(C(C)(C)C)CC6)CSc6ccccc6)c(S(=O)(=O)C(F)(F)F)c5)cc4OCC3C2)C1. The lowest BCUT2D eigenvalue weighted by Crippen LogP contribution is -2.57. The van der Waals surface area contributed by atoms with Gasteiger partial charge in [0.2, 0.25) is 0 Å². The Kier molecular flexibility index (Phi) is 15.9. The number of alkyl halides is 3. The van der Waals surface area contributed by atoms with Crippen molar-refractivity contribution in [1.82, 2.24) is 19.4 Å². The van der Waals surface area contributed by atoms with E-state index in [9.17, 15) is 34.8 Å². The number of anilines is 2. The summed E-state index contributed by atoms with van der Waals surface area (Å²) in [6.07, 6.45) is 3.56. The summed E-state index contributed by atoms with van der Waals surface area (Å²) in [6.45, 7) is 18.4. The number of hydrogen-bond acceptors (Lipinski definition) is 12. The number of fused-ring (bicyclic) bond motifs is 3. The Labute approximate surface area is 426 Å². The second kappa shape index (κ2) is 21.3. The van der Waals surface area contributed by atoms with Crippen molar-refractivity contribution in [3.8, 4) is 5.75 Å². The van der Waals surface area contributed by atoms with Gasteiger partial charge in [-0.2, -0.15) is 13.2 Å². The van der Waals surface area contributed by atoms with Crippen molar-refractivity contribution in [1.29, 1.82) is 0 Å². The summed E-state index contributed by atoms with van der Waals surface area (Å²) in [7, 11) is -11.0. The molecule has 2 atom stereocenters. The third-order valence-electron chi connectivity index (χ3n) is 14.1. The molecule has 3 aliphatic heterocycles. The maximum absolute atomic E-state index is 14.4. The second-order valence-electron chi connectivity index (χ2n) is 20.8. The summed E-state index contributed by atoms with van der Waals surface area (Å²) >= 11 is 7.69. The molecule has 71 heavy (non-hydrogen) atoms. The first-order valence-corrected chi connectivity index (χ1v) is 28.5. The maximum Gasteiger partial charge on any atom is 0.501 e. The molecule has 12 nitrogen and oxygen atoms in total. The number of allylic oxidation sites excluding steroid dienone is 1. The van der Waals surface area contributed by atoms with Crippen LogP contribution in [0.4, 0.5) is 24.5 Å². The lowest BCUT2D eigenvalue weighted by atomic mass is 9.72. The largest absolute Gasteiger partial charge is 0.501 e. The van der Waals surface area contributed by atoms with Crippen LogP contribution in [0.1, 0.15) is 76.2 Å². The Morgan fingerprint density at radius 3 is 2.28 bits per heavy atom. The van der Waals surface area contributed by atoms with Gasteiger partial charge >= 0.3 is 5.51 Å². The van der Waals surface area contributed by atoms with Gasteiger partial charge in [-0.05, 0) is 124 Å². The number of sulfone groups is 1. The van der Waals surface area contributed by atoms with E-state index in [4.69, 9.17) is 16.3 Å². The lowest BCUT2D eigenvalue weighted by molar-refractivity contribution is -0.0435. The Morgan fingerprint density at radius 1 is 0.887 bits per heavy atom. The number of nitrogens with one attached hydrogen (secondary N) is 2. The maximum atomic E-state index is 14.4. The Bertz CT molecular complexity index is 2820. The Hall–Kier alpha value is -4.30. The zero-order valence-corrected chi connectivity index (χ0v) is 44.1. The highest BCUT2D eigenvalue weighted by Gasteiger charge is 2.49. The van der Waals surface area contributed by atoms with Gasteiger partial charge < -0.3 is 19.9 Å². The molecular formula is C52H64ClF3N6O6S3. The second-order valence-corrected chi connectivity index (χ2v) is 25.9. The molecule has 384 valence electrons. The number of amides is 1. The zero-order chi connectivity index (χ0) is 50.9. The van der Waals surface area contributed by atoms with E-state index in [-0.39, 0.29) is 22.6 Å². The van der Waals surface area contributed by atoms with Gasteiger partial charge in [0.05, 0.1) is 22.3 Å². The van der Waals surface area contributed by atoms with Gasteiger partial charge in [-0.15, -0.1) is 11.8 Å². The van der Waals surface area contributed by atoms with Gasteiger partial charge in [-0.1, -0.05) is 61.4 Å². The number of piperazine rings is 2. The molecule has 0 radical (unpaired) electrons. The number of sulfonamides is 1. The first-order chi connectivity index (χ1) is 33.5. The molecule has 4 aliphatic rings. The van der Waals surface area contributed by atoms with Crippen LogP contribution in [-0.4, -0.2) is 132 Å². The van der Waals surface area contributed by atoms with Crippen molar-refractivity contribution in [2.75, 3.05) is 81.5 Å². The van der Waals surface area contributed by atoms with E-state index in [1.807, 2.05) is 47.2 Å². The minimum Gasteiger partial charge on any atom is -0.489 e. The van der Waals surface area contributed by atoms with E-state index < -0.39 is 52.8 Å². The van der Waals surface area contributed by atoms with Crippen LogP contribution in [0.15, 0.2) is 111 Å². The molecule has 0 spiro atoms. The average molecular weight is 1060 g/mol. The molecule has 0 aromatic heterocycles. The molecule has 8 rings (SSSR count). The number of halogens is 4. The van der Waals surface area contributed by atoms with E-state index in [0.717, 1.165) is 87.8 Å².